The quantitative estimate of drug-likeness (QED) is 0.113. The third-order valence-corrected chi connectivity index (χ3v) is 15.4. The maximum Gasteiger partial charge on any atom is 0.509 e. The number of hydrogen-bond donors (Lipinski definition) is 4. The van der Waals surface area contributed by atoms with Gasteiger partial charge in [0.25, 0.3) is 11.1 Å². The van der Waals surface area contributed by atoms with Gasteiger partial charge in [-0.15, -0.1) is 0 Å². The number of phosphoric ester groups is 2. The number of nitrogens with one attached hydrogen (secondary N) is 2. The van der Waals surface area contributed by atoms with E-state index in [1.54, 1.807) is 62.6 Å². The number of ether oxygens (including phenoxy) is 6. The summed E-state index contributed by atoms with van der Waals surface area (Å²) < 4.78 is 96.2. The second-order valence-electron chi connectivity index (χ2n) is 17.2. The molecule has 0 spiro atoms. The summed E-state index contributed by atoms with van der Waals surface area (Å²) in [6.45, 7) is 2.83. The molecule has 0 aromatic carbocycles. The normalized spacial score (nSPS) is 33.9. The molecule has 6 fully saturated rings. The van der Waals surface area contributed by atoms with Crippen LogP contribution < -0.4 is 22.6 Å². The number of anilines is 2. The fraction of sp³-hybridized carbons (Fsp3) is 0.450. The van der Waals surface area contributed by atoms with Crippen molar-refractivity contribution in [3.05, 3.63) is 93.5 Å². The van der Waals surface area contributed by atoms with E-state index in [4.69, 9.17) is 67.0 Å². The van der Waals surface area contributed by atoms with Gasteiger partial charge in [-0.1, -0.05) is 12.1 Å². The lowest BCUT2D eigenvalue weighted by atomic mass is 9.96. The highest BCUT2D eigenvalue weighted by atomic mass is 31.2. The van der Waals surface area contributed by atoms with Crippen LogP contribution in [0.25, 0.3) is 22.3 Å². The van der Waals surface area contributed by atoms with Gasteiger partial charge in [0, 0.05) is 25.2 Å². The number of aromatic amines is 2. The van der Waals surface area contributed by atoms with Crippen molar-refractivity contribution in [1.29, 1.82) is 0 Å². The molecule has 380 valence electrons. The van der Waals surface area contributed by atoms with E-state index in [2.05, 4.69) is 39.9 Å². The van der Waals surface area contributed by atoms with Crippen LogP contribution in [0.1, 0.15) is 62.7 Å². The number of nitrogens with zero attached hydrogens (tertiary/aromatic N) is 8. The van der Waals surface area contributed by atoms with Gasteiger partial charge in [-0.05, 0) is 38.1 Å². The van der Waals surface area contributed by atoms with Crippen molar-refractivity contribution in [3.8, 4) is 0 Å². The Kier molecular flexibility index (Phi) is 12.0. The molecule has 0 radical (unpaired) electrons. The summed E-state index contributed by atoms with van der Waals surface area (Å²) >= 11 is 0. The number of phosphoric acid groups is 2. The predicted molar refractivity (Wildman–Crippen MR) is 237 cm³/mol. The molecule has 0 unspecified atom stereocenters. The predicted octanol–water partition coefficient (Wildman–Crippen LogP) is 3.18. The number of hydrogen-bond acceptors (Lipinski definition) is 26. The molecular formula is C40H42N12O18P2. The maximum atomic E-state index is 13.2. The van der Waals surface area contributed by atoms with E-state index in [0.29, 0.717) is 24.2 Å². The highest BCUT2D eigenvalue weighted by molar-refractivity contribution is 7.48. The number of rotatable bonds is 10. The number of imidazole rings is 2. The van der Waals surface area contributed by atoms with Crippen LogP contribution in [0.15, 0.2) is 71.0 Å². The molecular weight excluding hydrogens is 998 g/mol. The summed E-state index contributed by atoms with van der Waals surface area (Å²) in [5.74, 6) is -0.249. The van der Waals surface area contributed by atoms with E-state index >= 15 is 0 Å². The van der Waals surface area contributed by atoms with Gasteiger partial charge >= 0.3 is 28.0 Å². The average Bonchev–Trinajstić information content (AvgIpc) is 4.19. The van der Waals surface area contributed by atoms with Crippen LogP contribution in [0.4, 0.5) is 21.5 Å². The van der Waals surface area contributed by atoms with Crippen molar-refractivity contribution < 1.29 is 74.3 Å². The number of aromatic nitrogens is 10. The third-order valence-electron chi connectivity index (χ3n) is 12.5. The van der Waals surface area contributed by atoms with E-state index in [1.165, 1.54) is 21.8 Å². The van der Waals surface area contributed by atoms with Crippen LogP contribution in [0.5, 0.6) is 0 Å². The molecule has 0 saturated carbocycles. The highest BCUT2D eigenvalue weighted by Crippen LogP contribution is 2.59. The minimum Gasteiger partial charge on any atom is -0.424 e. The Labute approximate surface area is 403 Å². The Morgan fingerprint density at radius 3 is 1.50 bits per heavy atom. The minimum atomic E-state index is -3.99. The molecule has 0 amide bonds. The lowest BCUT2D eigenvalue weighted by molar-refractivity contribution is -0.0928. The van der Waals surface area contributed by atoms with Gasteiger partial charge in [0.2, 0.25) is 11.9 Å². The Balaban J connectivity index is 0.000000156. The zero-order valence-electron chi connectivity index (χ0n) is 37.6. The topological polar surface area (TPSA) is 384 Å². The molecule has 6 aliphatic heterocycles. The second kappa shape index (κ2) is 18.1. The molecule has 30 nitrogen and oxygen atoms in total. The van der Waals surface area contributed by atoms with Crippen molar-refractivity contribution in [2.24, 2.45) is 0 Å². The molecule has 32 heteroatoms. The summed E-state index contributed by atoms with van der Waals surface area (Å²) in [5, 5.41) is 0. The fourth-order valence-electron chi connectivity index (χ4n) is 9.17. The van der Waals surface area contributed by atoms with Crippen molar-refractivity contribution in [2.45, 2.75) is 87.0 Å². The summed E-state index contributed by atoms with van der Waals surface area (Å²) in [4.78, 5) is 78.2. The fourth-order valence-corrected chi connectivity index (χ4v) is 11.9. The maximum absolute atomic E-state index is 13.2. The first-order chi connectivity index (χ1) is 34.5. The number of carbonyl (C=O) groups is 2. The number of carbonyl (C=O) groups excluding carboxylic acids is 2. The van der Waals surface area contributed by atoms with Gasteiger partial charge < -0.3 is 39.9 Å². The van der Waals surface area contributed by atoms with Crippen LogP contribution in [-0.2, 0) is 64.7 Å². The van der Waals surface area contributed by atoms with Crippen LogP contribution >= 0.6 is 15.6 Å². The minimum absolute atomic E-state index is 0.0203. The molecule has 6 aromatic rings. The van der Waals surface area contributed by atoms with Crippen LogP contribution in [0.2, 0.25) is 0 Å². The Hall–Kier alpha value is -6.72. The lowest BCUT2D eigenvalue weighted by Crippen LogP contribution is -2.42. The molecule has 0 aliphatic carbocycles. The molecule has 6 aliphatic rings. The summed E-state index contributed by atoms with van der Waals surface area (Å²) in [7, 11) is -7.98. The van der Waals surface area contributed by atoms with Gasteiger partial charge in [0.15, 0.2) is 58.2 Å². The number of nitrogen functional groups attached to an aromatic ring is 2. The second-order valence-corrected chi connectivity index (χ2v) is 20.4. The van der Waals surface area contributed by atoms with Crippen molar-refractivity contribution in [2.75, 3.05) is 37.9 Å². The van der Waals surface area contributed by atoms with E-state index < -0.39 is 99.4 Å². The molecule has 12 rings (SSSR count). The highest BCUT2D eigenvalue weighted by Gasteiger charge is 2.66. The lowest BCUT2D eigenvalue weighted by Gasteiger charge is -2.29. The van der Waals surface area contributed by atoms with E-state index in [0.717, 1.165) is 0 Å². The standard InChI is InChI=1S/2C20H21N6O9P/c2*1-20-14(33-19(28)34-20)12(32-17(20)26-9-23-13-15(26)24-18(21)25-16(13)27)8-31-36(29)30-7-5-11(35-36)10-4-2-3-6-22-10/h2*2-4,6,9,11-12,14,17H,5,7-8H2,1H3,(H3,21,24,25,27)/t11-,12+,14+,17+,20+,36+;11-,12-,14-,17-,20-,36+/m01/s1. The first-order valence-electron chi connectivity index (χ1n) is 22.0. The molecule has 72 heavy (non-hydrogen) atoms. The third kappa shape index (κ3) is 8.57. The number of H-pyrrole nitrogens is 2. The molecule has 12 atom stereocenters. The zero-order chi connectivity index (χ0) is 50.2. The Bertz CT molecular complexity index is 3080. The summed E-state index contributed by atoms with van der Waals surface area (Å²) in [5.41, 5.74) is 9.09. The Morgan fingerprint density at radius 1 is 0.667 bits per heavy atom. The molecule has 0 bridgehead atoms. The first kappa shape index (κ1) is 47.6. The van der Waals surface area contributed by atoms with Gasteiger partial charge in [-0.3, -0.25) is 65.8 Å². The first-order valence-corrected chi connectivity index (χ1v) is 25.0. The smallest absolute Gasteiger partial charge is 0.424 e. The van der Waals surface area contributed by atoms with Gasteiger partial charge in [0.1, 0.15) is 24.4 Å². The SMILES string of the molecule is C[C@@]12OC(=O)O[C@@H]1[C@@H](CO[P@@]1(=O)OCC[C@@H](c3ccccn3)O1)O[C@H]2n1cnc2c(=O)[nH]c(N)nc21.C[C@@]12OC(=O)O[C@@H]1[C@@H](CO[P@]1(=O)OCC[C@H](c3ccccn3)O1)O[C@H]2n1cnc2c(=O)[nH]c(N)nc21. The number of fused-ring (bicyclic) bond motifs is 4. The van der Waals surface area contributed by atoms with Crippen LogP contribution in [0.3, 0.4) is 0 Å². The van der Waals surface area contributed by atoms with Crippen LogP contribution in [-0.4, -0.2) is 123 Å². The zero-order valence-corrected chi connectivity index (χ0v) is 39.4. The van der Waals surface area contributed by atoms with Crippen molar-refractivity contribution >= 4 is 62.2 Å². The van der Waals surface area contributed by atoms with E-state index in [1.807, 2.05) is 0 Å². The van der Waals surface area contributed by atoms with Crippen LogP contribution in [0, 0.1) is 0 Å². The van der Waals surface area contributed by atoms with Gasteiger partial charge in [-0.2, -0.15) is 9.97 Å². The molecule has 12 heterocycles. The summed E-state index contributed by atoms with van der Waals surface area (Å²) in [6.07, 6.45) is -2.03. The Morgan fingerprint density at radius 2 is 1.10 bits per heavy atom. The molecule has 6 aromatic heterocycles. The summed E-state index contributed by atoms with van der Waals surface area (Å²) in [6, 6.07) is 10.6. The molecule has 6 N–H and O–H groups in total. The monoisotopic (exact) mass is 1040 g/mol. The number of nitrogens with two attached hydrogens (primary N) is 2. The largest absolute Gasteiger partial charge is 0.509 e. The molecule has 6 saturated heterocycles. The van der Waals surface area contributed by atoms with E-state index in [-0.39, 0.29) is 60.7 Å². The van der Waals surface area contributed by atoms with Gasteiger partial charge in [-0.25, -0.2) is 28.7 Å². The van der Waals surface area contributed by atoms with E-state index in [9.17, 15) is 28.3 Å². The average molecular weight is 1040 g/mol. The van der Waals surface area contributed by atoms with Gasteiger partial charge in [0.05, 0.1) is 50.5 Å². The number of pyridine rings is 2. The van der Waals surface area contributed by atoms with Crippen molar-refractivity contribution in [1.82, 2.24) is 49.0 Å². The van der Waals surface area contributed by atoms with Crippen molar-refractivity contribution in [3.63, 3.8) is 0 Å².